The number of fused-ring (bicyclic) bond motifs is 1. The quantitative estimate of drug-likeness (QED) is 0.476. The molecule has 2 saturated heterocycles. The number of ether oxygens (including phenoxy) is 1. The average Bonchev–Trinajstić information content (AvgIpc) is 3.32. The van der Waals surface area contributed by atoms with E-state index in [1.807, 2.05) is 36.9 Å². The van der Waals surface area contributed by atoms with Crippen molar-refractivity contribution >= 4 is 42.6 Å². The predicted octanol–water partition coefficient (Wildman–Crippen LogP) is 4.22. The third-order valence-corrected chi connectivity index (χ3v) is 10.1. The van der Waals surface area contributed by atoms with Gasteiger partial charge in [-0.2, -0.15) is 4.31 Å². The Morgan fingerprint density at radius 2 is 1.81 bits per heavy atom. The molecule has 3 aromatic rings. The molecule has 192 valence electrons. The van der Waals surface area contributed by atoms with Crippen LogP contribution in [0, 0.1) is 0 Å². The third-order valence-electron chi connectivity index (χ3n) is 6.95. The van der Waals surface area contributed by atoms with Crippen molar-refractivity contribution in [1.82, 2.24) is 14.2 Å². The van der Waals surface area contributed by atoms with Gasteiger partial charge in [0.1, 0.15) is 5.75 Å². The number of rotatable bonds is 6. The SMILES string of the molecule is CCOc1ccc2nc(N3CCN(C(=O)c4ccc(S(=O)(=O)N5CCCCC5C)cc4)CC3)sc2c1. The molecule has 1 atom stereocenters. The lowest BCUT2D eigenvalue weighted by molar-refractivity contribution is 0.0746. The lowest BCUT2D eigenvalue weighted by Gasteiger charge is -2.34. The van der Waals surface area contributed by atoms with E-state index in [4.69, 9.17) is 9.72 Å². The maximum Gasteiger partial charge on any atom is 0.253 e. The molecule has 5 rings (SSSR count). The predicted molar refractivity (Wildman–Crippen MR) is 143 cm³/mol. The molecule has 1 unspecified atom stereocenters. The Morgan fingerprint density at radius 3 is 2.50 bits per heavy atom. The number of carbonyl (C=O) groups is 1. The molecule has 2 fully saturated rings. The maximum absolute atomic E-state index is 13.1. The Bertz CT molecular complexity index is 1330. The van der Waals surface area contributed by atoms with Gasteiger partial charge in [0.2, 0.25) is 10.0 Å². The second-order valence-electron chi connectivity index (χ2n) is 9.32. The van der Waals surface area contributed by atoms with Crippen LogP contribution in [0.1, 0.15) is 43.5 Å². The van der Waals surface area contributed by atoms with Gasteiger partial charge in [-0.1, -0.05) is 17.8 Å². The van der Waals surface area contributed by atoms with Crippen LogP contribution in [0.4, 0.5) is 5.13 Å². The van der Waals surface area contributed by atoms with E-state index in [2.05, 4.69) is 4.90 Å². The molecule has 0 radical (unpaired) electrons. The minimum absolute atomic E-state index is 0.00325. The molecule has 0 saturated carbocycles. The highest BCUT2D eigenvalue weighted by molar-refractivity contribution is 7.89. The van der Waals surface area contributed by atoms with Crippen LogP contribution in [-0.4, -0.2) is 73.9 Å². The number of hydrogen-bond donors (Lipinski definition) is 0. The van der Waals surface area contributed by atoms with Crippen LogP contribution in [0.25, 0.3) is 10.2 Å². The first kappa shape index (κ1) is 25.0. The molecule has 8 nitrogen and oxygen atoms in total. The summed E-state index contributed by atoms with van der Waals surface area (Å²) in [6.07, 6.45) is 2.83. The van der Waals surface area contributed by atoms with E-state index in [0.29, 0.717) is 44.9 Å². The molecule has 2 aromatic carbocycles. The topological polar surface area (TPSA) is 83.0 Å². The van der Waals surface area contributed by atoms with Gasteiger partial charge in [0, 0.05) is 44.3 Å². The average molecular weight is 529 g/mol. The molecule has 36 heavy (non-hydrogen) atoms. The molecule has 2 aliphatic heterocycles. The van der Waals surface area contributed by atoms with E-state index in [9.17, 15) is 13.2 Å². The Labute approximate surface area is 216 Å². The highest BCUT2D eigenvalue weighted by atomic mass is 32.2. The van der Waals surface area contributed by atoms with Crippen molar-refractivity contribution < 1.29 is 17.9 Å². The number of thiazole rings is 1. The van der Waals surface area contributed by atoms with Gasteiger partial charge in [-0.15, -0.1) is 0 Å². The largest absolute Gasteiger partial charge is 0.494 e. The summed E-state index contributed by atoms with van der Waals surface area (Å²) in [5, 5.41) is 0.951. The van der Waals surface area contributed by atoms with Crippen LogP contribution in [0.15, 0.2) is 47.4 Å². The van der Waals surface area contributed by atoms with Gasteiger partial charge >= 0.3 is 0 Å². The summed E-state index contributed by atoms with van der Waals surface area (Å²) in [6, 6.07) is 12.4. The van der Waals surface area contributed by atoms with Crippen LogP contribution in [0.5, 0.6) is 5.75 Å². The molecule has 0 bridgehead atoms. The van der Waals surface area contributed by atoms with Crippen LogP contribution >= 0.6 is 11.3 Å². The highest BCUT2D eigenvalue weighted by Gasteiger charge is 2.31. The van der Waals surface area contributed by atoms with E-state index >= 15 is 0 Å². The van der Waals surface area contributed by atoms with Crippen molar-refractivity contribution in [2.24, 2.45) is 0 Å². The Balaban J connectivity index is 1.22. The van der Waals surface area contributed by atoms with Gasteiger partial charge in [0.05, 0.1) is 21.7 Å². The first-order valence-electron chi connectivity index (χ1n) is 12.6. The third kappa shape index (κ3) is 4.94. The van der Waals surface area contributed by atoms with Gasteiger partial charge in [-0.25, -0.2) is 13.4 Å². The monoisotopic (exact) mass is 528 g/mol. The minimum atomic E-state index is -3.55. The van der Waals surface area contributed by atoms with Crippen LogP contribution in [0.3, 0.4) is 0 Å². The molecule has 1 amide bonds. The van der Waals surface area contributed by atoms with E-state index in [0.717, 1.165) is 40.4 Å². The number of piperidine rings is 1. The van der Waals surface area contributed by atoms with Gasteiger partial charge in [0.15, 0.2) is 5.13 Å². The normalized spacial score (nSPS) is 19.6. The van der Waals surface area contributed by atoms with Crippen molar-refractivity contribution in [1.29, 1.82) is 0 Å². The summed E-state index contributed by atoms with van der Waals surface area (Å²) >= 11 is 1.64. The number of amides is 1. The maximum atomic E-state index is 13.1. The molecule has 3 heterocycles. The van der Waals surface area contributed by atoms with Crippen molar-refractivity contribution in [2.75, 3.05) is 44.2 Å². The second-order valence-corrected chi connectivity index (χ2v) is 12.2. The Kier molecular flexibility index (Phi) is 7.18. The van der Waals surface area contributed by atoms with Gasteiger partial charge < -0.3 is 14.5 Å². The number of anilines is 1. The van der Waals surface area contributed by atoms with E-state index in [-0.39, 0.29) is 16.8 Å². The number of piperazine rings is 1. The summed E-state index contributed by atoms with van der Waals surface area (Å²) in [7, 11) is -3.55. The lowest BCUT2D eigenvalue weighted by Crippen LogP contribution is -2.48. The highest BCUT2D eigenvalue weighted by Crippen LogP contribution is 2.32. The summed E-state index contributed by atoms with van der Waals surface area (Å²) in [4.78, 5) is 22.2. The number of carbonyl (C=O) groups excluding carboxylic acids is 1. The number of aromatic nitrogens is 1. The number of nitrogens with zero attached hydrogens (tertiary/aromatic N) is 4. The molecule has 0 aliphatic carbocycles. The summed E-state index contributed by atoms with van der Waals surface area (Å²) in [5.74, 6) is 0.774. The fourth-order valence-electron chi connectivity index (χ4n) is 4.90. The standard InChI is InChI=1S/C26H32N4O4S2/c1-3-34-21-9-12-23-24(18-21)35-26(27-23)29-16-14-28(15-17-29)25(31)20-7-10-22(11-8-20)36(32,33)30-13-5-4-6-19(30)2/h7-12,18-19H,3-6,13-17H2,1-2H3. The van der Waals surface area contributed by atoms with Crippen molar-refractivity contribution in [3.8, 4) is 5.75 Å². The fourth-order valence-corrected chi connectivity index (χ4v) is 7.65. The molecule has 10 heteroatoms. The second kappa shape index (κ2) is 10.4. The zero-order valence-electron chi connectivity index (χ0n) is 20.7. The molecule has 0 N–H and O–H groups in total. The molecular formula is C26H32N4O4S2. The number of benzene rings is 2. The summed E-state index contributed by atoms with van der Waals surface area (Å²) in [5.41, 5.74) is 1.46. The molecular weight excluding hydrogens is 496 g/mol. The molecule has 1 aromatic heterocycles. The van der Waals surface area contributed by atoms with Crippen LogP contribution in [0.2, 0.25) is 0 Å². The van der Waals surface area contributed by atoms with E-state index in [1.54, 1.807) is 39.9 Å². The number of hydrogen-bond acceptors (Lipinski definition) is 7. The summed E-state index contributed by atoms with van der Waals surface area (Å²) < 4.78 is 34.4. The molecule has 2 aliphatic rings. The van der Waals surface area contributed by atoms with E-state index in [1.165, 1.54) is 0 Å². The smallest absolute Gasteiger partial charge is 0.253 e. The van der Waals surface area contributed by atoms with Gasteiger partial charge in [-0.05, 0) is 69.2 Å². The van der Waals surface area contributed by atoms with Gasteiger partial charge in [0.25, 0.3) is 5.91 Å². The molecule has 0 spiro atoms. The summed E-state index contributed by atoms with van der Waals surface area (Å²) in [6.45, 7) is 7.68. The zero-order valence-corrected chi connectivity index (χ0v) is 22.4. The first-order chi connectivity index (χ1) is 17.4. The first-order valence-corrected chi connectivity index (χ1v) is 14.8. The lowest BCUT2D eigenvalue weighted by atomic mass is 10.1. The van der Waals surface area contributed by atoms with Gasteiger partial charge in [-0.3, -0.25) is 4.79 Å². The Morgan fingerprint density at radius 1 is 1.06 bits per heavy atom. The van der Waals surface area contributed by atoms with Crippen molar-refractivity contribution in [3.63, 3.8) is 0 Å². The van der Waals surface area contributed by atoms with E-state index < -0.39 is 10.0 Å². The van der Waals surface area contributed by atoms with Crippen LogP contribution in [-0.2, 0) is 10.0 Å². The van der Waals surface area contributed by atoms with Crippen molar-refractivity contribution in [3.05, 3.63) is 48.0 Å². The Hall–Kier alpha value is -2.69. The zero-order chi connectivity index (χ0) is 25.3. The number of sulfonamides is 1. The van der Waals surface area contributed by atoms with Crippen LogP contribution < -0.4 is 9.64 Å². The van der Waals surface area contributed by atoms with Crippen molar-refractivity contribution in [2.45, 2.75) is 44.0 Å². The fraction of sp³-hybridized carbons (Fsp3) is 0.462. The minimum Gasteiger partial charge on any atom is -0.494 e.